The molecule has 1 unspecified atom stereocenters. The van der Waals surface area contributed by atoms with E-state index in [0.29, 0.717) is 0 Å². The van der Waals surface area contributed by atoms with Crippen molar-refractivity contribution >= 4 is 15.5 Å². The molecule has 1 aromatic rings. The standard InChI is InChI=1S/C15H20FNO3S/c16-11-3-4-14(13(17)9-11)21(18,19)10-12-5-8-15(20-12)6-1-2-7-15/h3-4,9,12H,1-2,5-8,10,17H2. The average Bonchev–Trinajstić information content (AvgIpc) is 2.99. The van der Waals surface area contributed by atoms with Crippen LogP contribution in [-0.2, 0) is 14.6 Å². The summed E-state index contributed by atoms with van der Waals surface area (Å²) in [5.41, 5.74) is 5.51. The highest BCUT2D eigenvalue weighted by atomic mass is 32.2. The molecule has 0 amide bonds. The van der Waals surface area contributed by atoms with Gasteiger partial charge in [-0.3, -0.25) is 0 Å². The van der Waals surface area contributed by atoms with Crippen LogP contribution < -0.4 is 5.73 Å². The molecule has 2 aliphatic rings. The summed E-state index contributed by atoms with van der Waals surface area (Å²) >= 11 is 0. The van der Waals surface area contributed by atoms with Crippen molar-refractivity contribution in [3.8, 4) is 0 Å². The molecule has 1 atom stereocenters. The predicted molar refractivity (Wildman–Crippen MR) is 78.2 cm³/mol. The molecule has 1 aliphatic heterocycles. The Hall–Kier alpha value is -1.14. The fourth-order valence-corrected chi connectivity index (χ4v) is 5.13. The van der Waals surface area contributed by atoms with Crippen LogP contribution in [0.3, 0.4) is 0 Å². The normalized spacial score (nSPS) is 24.7. The van der Waals surface area contributed by atoms with Crippen molar-refractivity contribution in [2.24, 2.45) is 0 Å². The van der Waals surface area contributed by atoms with Gasteiger partial charge in [-0.05, 0) is 43.9 Å². The van der Waals surface area contributed by atoms with E-state index < -0.39 is 15.7 Å². The van der Waals surface area contributed by atoms with E-state index >= 15 is 0 Å². The molecule has 0 aromatic heterocycles. The van der Waals surface area contributed by atoms with Gasteiger partial charge in [0.2, 0.25) is 0 Å². The van der Waals surface area contributed by atoms with Crippen molar-refractivity contribution in [2.75, 3.05) is 11.5 Å². The molecule has 1 spiro atoms. The molecule has 6 heteroatoms. The Labute approximate surface area is 124 Å². The molecule has 21 heavy (non-hydrogen) atoms. The van der Waals surface area contributed by atoms with Crippen LogP contribution >= 0.6 is 0 Å². The number of nitrogens with two attached hydrogens (primary N) is 1. The Morgan fingerprint density at radius 3 is 2.67 bits per heavy atom. The first-order valence-corrected chi connectivity index (χ1v) is 9.01. The van der Waals surface area contributed by atoms with Crippen LogP contribution in [0, 0.1) is 5.82 Å². The number of rotatable bonds is 3. The Morgan fingerprint density at radius 2 is 2.00 bits per heavy atom. The number of halogens is 1. The van der Waals surface area contributed by atoms with Crippen molar-refractivity contribution < 1.29 is 17.5 Å². The molecule has 2 N–H and O–H groups in total. The van der Waals surface area contributed by atoms with Crippen molar-refractivity contribution in [3.63, 3.8) is 0 Å². The van der Waals surface area contributed by atoms with E-state index in [0.717, 1.165) is 50.7 Å². The van der Waals surface area contributed by atoms with E-state index in [1.54, 1.807) is 0 Å². The first kappa shape index (κ1) is 14.8. The zero-order chi connectivity index (χ0) is 15.1. The second-order valence-electron chi connectivity index (χ2n) is 6.13. The van der Waals surface area contributed by atoms with Gasteiger partial charge in [-0.2, -0.15) is 0 Å². The molecule has 116 valence electrons. The maximum absolute atomic E-state index is 13.0. The molecular weight excluding hydrogens is 293 g/mol. The molecular formula is C15H20FNO3S. The minimum atomic E-state index is -3.55. The number of hydrogen-bond donors (Lipinski definition) is 1. The number of anilines is 1. The molecule has 1 aromatic carbocycles. The van der Waals surface area contributed by atoms with Crippen molar-refractivity contribution in [2.45, 2.75) is 55.1 Å². The van der Waals surface area contributed by atoms with Gasteiger partial charge in [-0.1, -0.05) is 12.8 Å². The van der Waals surface area contributed by atoms with Crippen LogP contribution in [0.25, 0.3) is 0 Å². The quantitative estimate of drug-likeness (QED) is 0.688. The first-order valence-electron chi connectivity index (χ1n) is 7.36. The zero-order valence-corrected chi connectivity index (χ0v) is 12.7. The number of hydrogen-bond acceptors (Lipinski definition) is 4. The molecule has 0 bridgehead atoms. The number of sulfone groups is 1. The Bertz CT molecular complexity index is 638. The monoisotopic (exact) mass is 313 g/mol. The number of ether oxygens (including phenoxy) is 1. The van der Waals surface area contributed by atoms with E-state index in [4.69, 9.17) is 10.5 Å². The van der Waals surface area contributed by atoms with E-state index in [1.165, 1.54) is 6.07 Å². The van der Waals surface area contributed by atoms with Crippen LogP contribution in [0.1, 0.15) is 38.5 Å². The molecule has 2 fully saturated rings. The summed E-state index contributed by atoms with van der Waals surface area (Å²) in [5, 5.41) is 0. The Kier molecular flexibility index (Phi) is 3.69. The lowest BCUT2D eigenvalue weighted by molar-refractivity contribution is -0.0272. The molecule has 3 rings (SSSR count). The van der Waals surface area contributed by atoms with Gasteiger partial charge in [-0.15, -0.1) is 0 Å². The number of nitrogen functional groups attached to an aromatic ring is 1. The molecule has 1 heterocycles. The smallest absolute Gasteiger partial charge is 0.182 e. The topological polar surface area (TPSA) is 69.4 Å². The highest BCUT2D eigenvalue weighted by Crippen LogP contribution is 2.43. The summed E-state index contributed by atoms with van der Waals surface area (Å²) in [5.74, 6) is -0.613. The van der Waals surface area contributed by atoms with E-state index in [1.807, 2.05) is 0 Å². The van der Waals surface area contributed by atoms with Gasteiger partial charge in [0.05, 0.1) is 28.0 Å². The summed E-state index contributed by atoms with van der Waals surface area (Å²) in [4.78, 5) is -0.000119. The lowest BCUT2D eigenvalue weighted by Crippen LogP contribution is -2.28. The van der Waals surface area contributed by atoms with Crippen molar-refractivity contribution in [3.05, 3.63) is 24.0 Å². The molecule has 1 aliphatic carbocycles. The largest absolute Gasteiger partial charge is 0.398 e. The fourth-order valence-electron chi connectivity index (χ4n) is 3.54. The first-order chi connectivity index (χ1) is 9.90. The summed E-state index contributed by atoms with van der Waals surface area (Å²) in [6, 6.07) is 3.40. The third-order valence-electron chi connectivity index (χ3n) is 4.57. The van der Waals surface area contributed by atoms with Gasteiger partial charge < -0.3 is 10.5 Å². The van der Waals surface area contributed by atoms with Crippen LogP contribution in [0.15, 0.2) is 23.1 Å². The van der Waals surface area contributed by atoms with Crippen LogP contribution in [-0.4, -0.2) is 25.9 Å². The van der Waals surface area contributed by atoms with Crippen LogP contribution in [0.2, 0.25) is 0 Å². The van der Waals surface area contributed by atoms with Gasteiger partial charge in [0, 0.05) is 0 Å². The minimum Gasteiger partial charge on any atom is -0.398 e. The van der Waals surface area contributed by atoms with E-state index in [9.17, 15) is 12.8 Å². The highest BCUT2D eigenvalue weighted by molar-refractivity contribution is 7.91. The van der Waals surface area contributed by atoms with Crippen LogP contribution in [0.5, 0.6) is 0 Å². The Balaban J connectivity index is 1.75. The molecule has 0 radical (unpaired) electrons. The van der Waals surface area contributed by atoms with Gasteiger partial charge in [0.1, 0.15) is 5.82 Å². The Morgan fingerprint density at radius 1 is 1.29 bits per heavy atom. The second kappa shape index (κ2) is 5.25. The van der Waals surface area contributed by atoms with Gasteiger partial charge in [0.25, 0.3) is 0 Å². The van der Waals surface area contributed by atoms with E-state index in [2.05, 4.69) is 0 Å². The number of benzene rings is 1. The summed E-state index contributed by atoms with van der Waals surface area (Å²) in [7, 11) is -3.55. The second-order valence-corrected chi connectivity index (χ2v) is 8.13. The maximum atomic E-state index is 13.0. The van der Waals surface area contributed by atoms with Gasteiger partial charge >= 0.3 is 0 Å². The van der Waals surface area contributed by atoms with Gasteiger partial charge in [-0.25, -0.2) is 12.8 Å². The predicted octanol–water partition coefficient (Wildman–Crippen LogP) is 2.67. The maximum Gasteiger partial charge on any atom is 0.182 e. The third-order valence-corrected chi connectivity index (χ3v) is 6.42. The minimum absolute atomic E-state index is 0.000119. The highest BCUT2D eigenvalue weighted by Gasteiger charge is 2.43. The molecule has 4 nitrogen and oxygen atoms in total. The van der Waals surface area contributed by atoms with Gasteiger partial charge in [0.15, 0.2) is 9.84 Å². The summed E-state index contributed by atoms with van der Waals surface area (Å²) < 4.78 is 44.0. The molecule has 1 saturated heterocycles. The third kappa shape index (κ3) is 2.92. The van der Waals surface area contributed by atoms with Crippen molar-refractivity contribution in [1.29, 1.82) is 0 Å². The lowest BCUT2D eigenvalue weighted by Gasteiger charge is -2.23. The fraction of sp³-hybridized carbons (Fsp3) is 0.600. The van der Waals surface area contributed by atoms with Crippen LogP contribution in [0.4, 0.5) is 10.1 Å². The lowest BCUT2D eigenvalue weighted by atomic mass is 9.98. The average molecular weight is 313 g/mol. The molecule has 1 saturated carbocycles. The summed E-state index contributed by atoms with van der Waals surface area (Å²) in [6.45, 7) is 0. The SMILES string of the molecule is Nc1cc(F)ccc1S(=O)(=O)CC1CCC2(CCCC2)O1. The van der Waals surface area contributed by atoms with Crippen molar-refractivity contribution in [1.82, 2.24) is 0 Å². The summed E-state index contributed by atoms with van der Waals surface area (Å²) in [6.07, 6.45) is 5.80. The van der Waals surface area contributed by atoms with E-state index in [-0.39, 0.29) is 28.0 Å². The zero-order valence-electron chi connectivity index (χ0n) is 11.8.